The van der Waals surface area contributed by atoms with Crippen molar-refractivity contribution in [2.75, 3.05) is 6.54 Å². The molecule has 0 aliphatic carbocycles. The molecule has 0 unspecified atom stereocenters. The summed E-state index contributed by atoms with van der Waals surface area (Å²) >= 11 is 5.94. The molecule has 2 rings (SSSR count). The number of rotatable bonds is 6. The van der Waals surface area contributed by atoms with Gasteiger partial charge in [-0.05, 0) is 42.3 Å². The van der Waals surface area contributed by atoms with Crippen LogP contribution >= 0.6 is 11.6 Å². The van der Waals surface area contributed by atoms with Crippen LogP contribution in [0.3, 0.4) is 0 Å². The van der Waals surface area contributed by atoms with Crippen LogP contribution in [0, 0.1) is 0 Å². The maximum atomic E-state index is 11.4. The molecule has 0 saturated heterocycles. The summed E-state index contributed by atoms with van der Waals surface area (Å²) in [5.74, 6) is -0.885. The third kappa shape index (κ3) is 6.27. The molecule has 130 valence electrons. The normalized spacial score (nSPS) is 10.5. The van der Waals surface area contributed by atoms with Crippen LogP contribution in [0.4, 0.5) is 0 Å². The molecule has 0 atom stereocenters. The van der Waals surface area contributed by atoms with E-state index >= 15 is 0 Å². The van der Waals surface area contributed by atoms with Crippen molar-refractivity contribution < 1.29 is 14.3 Å². The van der Waals surface area contributed by atoms with Gasteiger partial charge < -0.3 is 10.1 Å². The Bertz CT molecular complexity index is 778. The number of benzene rings is 2. The summed E-state index contributed by atoms with van der Waals surface area (Å²) in [6, 6.07) is 14.6. The molecular weight excluding hydrogens is 342 g/mol. The minimum absolute atomic E-state index is 0.377. The molecule has 6 nitrogen and oxygen atoms in total. The van der Waals surface area contributed by atoms with Crippen LogP contribution < -0.4 is 15.5 Å². The van der Waals surface area contributed by atoms with Gasteiger partial charge in [-0.3, -0.25) is 9.59 Å². The maximum Gasteiger partial charge on any atom is 0.329 e. The van der Waals surface area contributed by atoms with E-state index in [-0.39, 0.29) is 0 Å². The molecule has 2 aromatic carbocycles. The standard InChI is InChI=1S/C18H18ClN3O3/c1-2-20-17(23)18(24)22-21-11-13-5-4-8-16(10-13)25-12-14-6-3-7-15(19)9-14/h3-11H,2,12H2,1H3,(H,20,23)(H,22,24)/b21-11-. The van der Waals surface area contributed by atoms with Crippen molar-refractivity contribution in [2.45, 2.75) is 13.5 Å². The summed E-state index contributed by atoms with van der Waals surface area (Å²) in [4.78, 5) is 22.7. The highest BCUT2D eigenvalue weighted by molar-refractivity contribution is 6.35. The molecule has 0 radical (unpaired) electrons. The van der Waals surface area contributed by atoms with Gasteiger partial charge in [0.05, 0.1) is 6.21 Å². The monoisotopic (exact) mass is 359 g/mol. The Morgan fingerprint density at radius 3 is 2.72 bits per heavy atom. The number of halogens is 1. The van der Waals surface area contributed by atoms with Crippen molar-refractivity contribution in [1.29, 1.82) is 0 Å². The number of hydrazone groups is 1. The van der Waals surface area contributed by atoms with E-state index in [9.17, 15) is 9.59 Å². The molecular formula is C18H18ClN3O3. The minimum Gasteiger partial charge on any atom is -0.489 e. The fourth-order valence-corrected chi connectivity index (χ4v) is 2.15. The van der Waals surface area contributed by atoms with Gasteiger partial charge in [0.1, 0.15) is 12.4 Å². The molecule has 7 heteroatoms. The molecule has 0 spiro atoms. The summed E-state index contributed by atoms with van der Waals surface area (Å²) < 4.78 is 5.71. The van der Waals surface area contributed by atoms with Gasteiger partial charge in [-0.25, -0.2) is 5.43 Å². The van der Waals surface area contributed by atoms with E-state index in [0.29, 0.717) is 23.9 Å². The summed E-state index contributed by atoms with van der Waals surface area (Å²) in [5, 5.41) is 6.80. The SMILES string of the molecule is CCNC(=O)C(=O)N/N=C\c1cccc(OCc2cccc(Cl)c2)c1. The van der Waals surface area contributed by atoms with Crippen LogP contribution in [0.25, 0.3) is 0 Å². The van der Waals surface area contributed by atoms with Crippen molar-refractivity contribution in [3.8, 4) is 5.75 Å². The van der Waals surface area contributed by atoms with Gasteiger partial charge in [-0.1, -0.05) is 35.9 Å². The average Bonchev–Trinajstić information content (AvgIpc) is 2.60. The number of carbonyl (C=O) groups is 2. The molecule has 0 saturated carbocycles. The van der Waals surface area contributed by atoms with Gasteiger partial charge >= 0.3 is 11.8 Å². The van der Waals surface area contributed by atoms with E-state index in [1.54, 1.807) is 31.2 Å². The molecule has 0 bridgehead atoms. The smallest absolute Gasteiger partial charge is 0.329 e. The summed E-state index contributed by atoms with van der Waals surface area (Å²) in [6.45, 7) is 2.49. The van der Waals surface area contributed by atoms with Gasteiger partial charge in [-0.15, -0.1) is 0 Å². The van der Waals surface area contributed by atoms with Gasteiger partial charge in [0.2, 0.25) is 0 Å². The zero-order chi connectivity index (χ0) is 18.1. The highest BCUT2D eigenvalue weighted by Gasteiger charge is 2.10. The van der Waals surface area contributed by atoms with Crippen molar-refractivity contribution >= 4 is 29.6 Å². The number of nitrogens with zero attached hydrogens (tertiary/aromatic N) is 1. The molecule has 25 heavy (non-hydrogen) atoms. The van der Waals surface area contributed by atoms with E-state index in [4.69, 9.17) is 16.3 Å². The van der Waals surface area contributed by atoms with Crippen LogP contribution in [0.1, 0.15) is 18.1 Å². The van der Waals surface area contributed by atoms with Gasteiger partial charge in [0.25, 0.3) is 0 Å². The fraction of sp³-hybridized carbons (Fsp3) is 0.167. The molecule has 2 aromatic rings. The van der Waals surface area contributed by atoms with E-state index < -0.39 is 11.8 Å². The minimum atomic E-state index is -0.813. The van der Waals surface area contributed by atoms with Crippen molar-refractivity contribution in [2.24, 2.45) is 5.10 Å². The summed E-state index contributed by atoms with van der Waals surface area (Å²) in [5.41, 5.74) is 3.84. The quantitative estimate of drug-likeness (QED) is 0.472. The van der Waals surface area contributed by atoms with Crippen LogP contribution in [-0.4, -0.2) is 24.6 Å². The van der Waals surface area contributed by atoms with Crippen molar-refractivity contribution in [3.63, 3.8) is 0 Å². The number of ether oxygens (including phenoxy) is 1. The van der Waals surface area contributed by atoms with Crippen molar-refractivity contribution in [3.05, 3.63) is 64.7 Å². The molecule has 0 heterocycles. The zero-order valence-electron chi connectivity index (χ0n) is 13.7. The summed E-state index contributed by atoms with van der Waals surface area (Å²) in [7, 11) is 0. The predicted octanol–water partition coefficient (Wildman–Crippen LogP) is 2.51. The second-order valence-corrected chi connectivity index (χ2v) is 5.49. The number of carbonyl (C=O) groups excluding carboxylic acids is 2. The fourth-order valence-electron chi connectivity index (χ4n) is 1.94. The highest BCUT2D eigenvalue weighted by atomic mass is 35.5. The lowest BCUT2D eigenvalue weighted by molar-refractivity contribution is -0.139. The molecule has 2 amide bonds. The number of hydrogen-bond acceptors (Lipinski definition) is 4. The Labute approximate surface area is 150 Å². The van der Waals surface area contributed by atoms with E-state index in [0.717, 1.165) is 11.1 Å². The average molecular weight is 360 g/mol. The van der Waals surface area contributed by atoms with Gasteiger partial charge in [-0.2, -0.15) is 5.10 Å². The first-order chi connectivity index (χ1) is 12.1. The van der Waals surface area contributed by atoms with E-state index in [2.05, 4.69) is 15.8 Å². The van der Waals surface area contributed by atoms with E-state index in [1.165, 1.54) is 6.21 Å². The van der Waals surface area contributed by atoms with Crippen molar-refractivity contribution in [1.82, 2.24) is 10.7 Å². The molecule has 0 aliphatic rings. The largest absolute Gasteiger partial charge is 0.489 e. The van der Waals surface area contributed by atoms with Gasteiger partial charge in [0.15, 0.2) is 0 Å². The molecule has 0 aromatic heterocycles. The Morgan fingerprint density at radius 1 is 1.16 bits per heavy atom. The lowest BCUT2D eigenvalue weighted by atomic mass is 10.2. The van der Waals surface area contributed by atoms with Crippen LogP contribution in [0.2, 0.25) is 5.02 Å². The third-order valence-corrected chi connectivity index (χ3v) is 3.31. The number of nitrogens with one attached hydrogen (secondary N) is 2. The van der Waals surface area contributed by atoms with E-state index in [1.807, 2.05) is 24.3 Å². The lowest BCUT2D eigenvalue weighted by Gasteiger charge is -2.07. The number of hydrogen-bond donors (Lipinski definition) is 2. The second-order valence-electron chi connectivity index (χ2n) is 5.05. The third-order valence-electron chi connectivity index (χ3n) is 3.08. The zero-order valence-corrected chi connectivity index (χ0v) is 14.4. The Kier molecular flexibility index (Phi) is 6.98. The summed E-state index contributed by atoms with van der Waals surface area (Å²) in [6.07, 6.45) is 1.43. The Morgan fingerprint density at radius 2 is 1.96 bits per heavy atom. The topological polar surface area (TPSA) is 79.8 Å². The predicted molar refractivity (Wildman–Crippen MR) is 96.6 cm³/mol. The van der Waals surface area contributed by atoms with Crippen LogP contribution in [0.15, 0.2) is 53.6 Å². The van der Waals surface area contributed by atoms with Gasteiger partial charge in [0, 0.05) is 11.6 Å². The van der Waals surface area contributed by atoms with Crippen LogP contribution in [0.5, 0.6) is 5.75 Å². The Balaban J connectivity index is 1.91. The molecule has 0 fully saturated rings. The number of likely N-dealkylation sites (N-methyl/N-ethyl adjacent to an activating group) is 1. The first-order valence-corrected chi connectivity index (χ1v) is 8.05. The highest BCUT2D eigenvalue weighted by Crippen LogP contribution is 2.16. The Hall–Kier alpha value is -2.86. The number of amides is 2. The first-order valence-electron chi connectivity index (χ1n) is 7.67. The first kappa shape index (κ1) is 18.5. The molecule has 2 N–H and O–H groups in total. The second kappa shape index (κ2) is 9.44. The lowest BCUT2D eigenvalue weighted by Crippen LogP contribution is -2.37. The van der Waals surface area contributed by atoms with Crippen LogP contribution in [-0.2, 0) is 16.2 Å². The molecule has 0 aliphatic heterocycles. The maximum absolute atomic E-state index is 11.4.